The Bertz CT molecular complexity index is 251. The second kappa shape index (κ2) is 5.04. The number of amides is 2. The summed E-state index contributed by atoms with van der Waals surface area (Å²) in [6.07, 6.45) is 4.62. The van der Waals surface area contributed by atoms with Crippen molar-refractivity contribution in [2.45, 2.75) is 38.6 Å². The number of rotatable bonds is 0. The molecule has 2 rings (SSSR count). The van der Waals surface area contributed by atoms with E-state index in [1.54, 1.807) is 0 Å². The summed E-state index contributed by atoms with van der Waals surface area (Å²) in [6.45, 7) is 5.65. The Kier molecular flexibility index (Phi) is 3.69. The van der Waals surface area contributed by atoms with Crippen LogP contribution in [0, 0.1) is 5.92 Å². The summed E-state index contributed by atoms with van der Waals surface area (Å²) in [5.41, 5.74) is 6.02. The summed E-state index contributed by atoms with van der Waals surface area (Å²) in [5, 5.41) is 0. The van der Waals surface area contributed by atoms with Gasteiger partial charge in [0.2, 0.25) is 0 Å². The van der Waals surface area contributed by atoms with Gasteiger partial charge in [-0.25, -0.2) is 4.79 Å². The molecule has 0 aromatic heterocycles. The van der Waals surface area contributed by atoms with E-state index in [0.717, 1.165) is 45.4 Å². The van der Waals surface area contributed by atoms with Crippen LogP contribution in [0.5, 0.6) is 0 Å². The average molecular weight is 225 g/mol. The minimum atomic E-state index is 0.155. The lowest BCUT2D eigenvalue weighted by atomic mass is 9.94. The largest absolute Gasteiger partial charge is 0.326 e. The van der Waals surface area contributed by atoms with Gasteiger partial charge in [-0.2, -0.15) is 0 Å². The molecule has 4 nitrogen and oxygen atoms in total. The summed E-state index contributed by atoms with van der Waals surface area (Å²) in [5.74, 6) is 0.547. The van der Waals surface area contributed by atoms with Gasteiger partial charge in [0, 0.05) is 32.2 Å². The fourth-order valence-electron chi connectivity index (χ4n) is 2.56. The molecule has 0 spiro atoms. The average Bonchev–Trinajstić information content (AvgIpc) is 2.33. The van der Waals surface area contributed by atoms with E-state index in [1.165, 1.54) is 6.42 Å². The number of nitrogens with zero attached hydrogens (tertiary/aromatic N) is 2. The number of hydrogen-bond acceptors (Lipinski definition) is 2. The molecule has 0 aromatic carbocycles. The zero-order chi connectivity index (χ0) is 11.5. The minimum Gasteiger partial charge on any atom is -0.326 e. The number of carbonyl (C=O) groups is 1. The normalized spacial score (nSPS) is 31.6. The molecular weight excluding hydrogens is 202 g/mol. The summed E-state index contributed by atoms with van der Waals surface area (Å²) >= 11 is 0. The number of carbonyl (C=O) groups excluding carboxylic acids is 1. The van der Waals surface area contributed by atoms with Crippen molar-refractivity contribution in [2.75, 3.05) is 26.2 Å². The quantitative estimate of drug-likeness (QED) is 0.675. The van der Waals surface area contributed by atoms with Gasteiger partial charge in [-0.1, -0.05) is 6.92 Å². The number of nitrogens with two attached hydrogens (primary N) is 1. The van der Waals surface area contributed by atoms with Gasteiger partial charge in [-0.05, 0) is 31.6 Å². The highest BCUT2D eigenvalue weighted by Crippen LogP contribution is 2.18. The molecule has 2 amide bonds. The molecule has 0 aliphatic carbocycles. The predicted molar refractivity (Wildman–Crippen MR) is 64.1 cm³/mol. The Hall–Kier alpha value is -0.770. The van der Waals surface area contributed by atoms with Gasteiger partial charge in [0.05, 0.1) is 0 Å². The molecule has 4 heteroatoms. The highest BCUT2D eigenvalue weighted by Gasteiger charge is 2.29. The van der Waals surface area contributed by atoms with Gasteiger partial charge in [0.15, 0.2) is 0 Å². The molecule has 2 N–H and O–H groups in total. The van der Waals surface area contributed by atoms with Crippen LogP contribution in [0.4, 0.5) is 4.79 Å². The van der Waals surface area contributed by atoms with Crippen LogP contribution in [-0.4, -0.2) is 48.1 Å². The van der Waals surface area contributed by atoms with Gasteiger partial charge in [-0.15, -0.1) is 0 Å². The van der Waals surface area contributed by atoms with Crippen LogP contribution in [0.3, 0.4) is 0 Å². The van der Waals surface area contributed by atoms with Crippen LogP contribution < -0.4 is 5.73 Å². The van der Waals surface area contributed by atoms with Crippen LogP contribution in [0.2, 0.25) is 0 Å². The Morgan fingerprint density at radius 1 is 1.12 bits per heavy atom. The molecule has 0 saturated carbocycles. The first-order chi connectivity index (χ1) is 7.68. The van der Waals surface area contributed by atoms with Gasteiger partial charge < -0.3 is 15.5 Å². The highest BCUT2D eigenvalue weighted by atomic mass is 16.2. The topological polar surface area (TPSA) is 49.6 Å². The van der Waals surface area contributed by atoms with E-state index in [2.05, 4.69) is 6.92 Å². The standard InChI is InChI=1S/C12H23N3O/c1-10-5-8-15(9-11(10)13)12(16)14-6-3-2-4-7-14/h10-11H,2-9,13H2,1H3. The molecule has 2 saturated heterocycles. The molecule has 0 aromatic rings. The van der Waals surface area contributed by atoms with Gasteiger partial charge in [0.25, 0.3) is 0 Å². The fraction of sp³-hybridized carbons (Fsp3) is 0.917. The van der Waals surface area contributed by atoms with E-state index in [4.69, 9.17) is 5.73 Å². The van der Waals surface area contributed by atoms with Crippen LogP contribution in [-0.2, 0) is 0 Å². The van der Waals surface area contributed by atoms with Gasteiger partial charge >= 0.3 is 6.03 Å². The Balaban J connectivity index is 1.89. The van der Waals surface area contributed by atoms with E-state index in [1.807, 2.05) is 9.80 Å². The van der Waals surface area contributed by atoms with E-state index >= 15 is 0 Å². The van der Waals surface area contributed by atoms with Crippen molar-refractivity contribution >= 4 is 6.03 Å². The van der Waals surface area contributed by atoms with E-state index < -0.39 is 0 Å². The van der Waals surface area contributed by atoms with Gasteiger partial charge in [-0.3, -0.25) is 0 Å². The minimum absolute atomic E-state index is 0.155. The first-order valence-corrected chi connectivity index (χ1v) is 6.48. The third-order valence-corrected chi connectivity index (χ3v) is 3.91. The number of likely N-dealkylation sites (tertiary alicyclic amines) is 2. The molecule has 2 fully saturated rings. The zero-order valence-corrected chi connectivity index (χ0v) is 10.2. The SMILES string of the molecule is CC1CCN(C(=O)N2CCCCC2)CC1N. The van der Waals surface area contributed by atoms with Crippen molar-refractivity contribution in [1.82, 2.24) is 9.80 Å². The van der Waals surface area contributed by atoms with Crippen LogP contribution in [0.1, 0.15) is 32.6 Å². The fourth-order valence-corrected chi connectivity index (χ4v) is 2.56. The molecule has 16 heavy (non-hydrogen) atoms. The van der Waals surface area contributed by atoms with Crippen molar-refractivity contribution < 1.29 is 4.79 Å². The van der Waals surface area contributed by atoms with E-state index in [-0.39, 0.29) is 12.1 Å². The second-order valence-corrected chi connectivity index (χ2v) is 5.21. The summed E-state index contributed by atoms with van der Waals surface area (Å²) < 4.78 is 0. The molecule has 2 unspecified atom stereocenters. The van der Waals surface area contributed by atoms with Crippen molar-refractivity contribution in [2.24, 2.45) is 11.7 Å². The lowest BCUT2D eigenvalue weighted by Gasteiger charge is -2.39. The van der Waals surface area contributed by atoms with Crippen molar-refractivity contribution in [1.29, 1.82) is 0 Å². The van der Waals surface area contributed by atoms with E-state index in [9.17, 15) is 4.79 Å². The summed E-state index contributed by atoms with van der Waals surface area (Å²) in [6, 6.07) is 0.365. The maximum atomic E-state index is 12.2. The maximum Gasteiger partial charge on any atom is 0.320 e. The first kappa shape index (κ1) is 11.7. The smallest absolute Gasteiger partial charge is 0.320 e. The Morgan fingerprint density at radius 2 is 1.81 bits per heavy atom. The molecule has 2 aliphatic heterocycles. The summed E-state index contributed by atoms with van der Waals surface area (Å²) in [7, 11) is 0. The number of urea groups is 1. The molecule has 92 valence electrons. The van der Waals surface area contributed by atoms with Gasteiger partial charge in [0.1, 0.15) is 0 Å². The Labute approximate surface area is 97.8 Å². The Morgan fingerprint density at radius 3 is 2.44 bits per heavy atom. The summed E-state index contributed by atoms with van der Waals surface area (Å²) in [4.78, 5) is 16.1. The van der Waals surface area contributed by atoms with Crippen molar-refractivity contribution in [3.8, 4) is 0 Å². The lowest BCUT2D eigenvalue weighted by molar-refractivity contribution is 0.120. The van der Waals surface area contributed by atoms with Crippen molar-refractivity contribution in [3.63, 3.8) is 0 Å². The number of piperidine rings is 2. The molecule has 2 aliphatic rings. The highest BCUT2D eigenvalue weighted by molar-refractivity contribution is 5.74. The molecule has 0 bridgehead atoms. The molecule has 2 atom stereocenters. The molecular formula is C12H23N3O. The third kappa shape index (κ3) is 2.48. The number of hydrogen-bond donors (Lipinski definition) is 1. The van der Waals surface area contributed by atoms with E-state index in [0.29, 0.717) is 5.92 Å². The van der Waals surface area contributed by atoms with Crippen LogP contribution >= 0.6 is 0 Å². The third-order valence-electron chi connectivity index (χ3n) is 3.91. The molecule has 0 radical (unpaired) electrons. The maximum absolute atomic E-state index is 12.2. The van der Waals surface area contributed by atoms with Crippen LogP contribution in [0.15, 0.2) is 0 Å². The second-order valence-electron chi connectivity index (χ2n) is 5.21. The monoisotopic (exact) mass is 225 g/mol. The van der Waals surface area contributed by atoms with Crippen LogP contribution in [0.25, 0.3) is 0 Å². The lowest BCUT2D eigenvalue weighted by Crippen LogP contribution is -2.54. The van der Waals surface area contributed by atoms with Crippen molar-refractivity contribution in [3.05, 3.63) is 0 Å². The molecule has 2 heterocycles. The predicted octanol–water partition coefficient (Wildman–Crippen LogP) is 1.26. The zero-order valence-electron chi connectivity index (χ0n) is 10.2. The first-order valence-electron chi connectivity index (χ1n) is 6.48.